The number of hydrogen-bond acceptors (Lipinski definition) is 7. The molecule has 0 fully saturated rings. The minimum Gasteiger partial charge on any atom is -0.465 e. The highest BCUT2D eigenvalue weighted by molar-refractivity contribution is 7.98. The Labute approximate surface area is 120 Å². The van der Waals surface area contributed by atoms with Crippen molar-refractivity contribution in [3.63, 3.8) is 0 Å². The zero-order chi connectivity index (χ0) is 14.5. The van der Waals surface area contributed by atoms with E-state index in [1.807, 2.05) is 12.1 Å². The van der Waals surface area contributed by atoms with Crippen LogP contribution in [0.2, 0.25) is 0 Å². The van der Waals surface area contributed by atoms with Crippen molar-refractivity contribution in [2.45, 2.75) is 10.9 Å². The summed E-state index contributed by atoms with van der Waals surface area (Å²) >= 11 is 1.35. The summed E-state index contributed by atoms with van der Waals surface area (Å²) in [7, 11) is 1.36. The third-order valence-electron chi connectivity index (χ3n) is 2.52. The van der Waals surface area contributed by atoms with E-state index in [4.69, 9.17) is 16.2 Å². The van der Waals surface area contributed by atoms with Gasteiger partial charge < -0.3 is 16.2 Å². The molecular weight excluding hydrogens is 276 g/mol. The van der Waals surface area contributed by atoms with Gasteiger partial charge in [0.25, 0.3) is 0 Å². The fraction of sp³-hybridized carbons (Fsp3) is 0.154. The number of rotatable bonds is 4. The van der Waals surface area contributed by atoms with Gasteiger partial charge in [0.1, 0.15) is 11.6 Å². The summed E-state index contributed by atoms with van der Waals surface area (Å²) in [4.78, 5) is 19.8. The van der Waals surface area contributed by atoms with Crippen LogP contribution < -0.4 is 11.5 Å². The number of carbonyl (C=O) groups excluding carboxylic acids is 1. The lowest BCUT2D eigenvalue weighted by atomic mass is 10.1. The molecule has 6 nitrogen and oxygen atoms in total. The number of nitrogens with zero attached hydrogens (tertiary/aromatic N) is 2. The number of benzene rings is 1. The SMILES string of the molecule is COC(=O)c1ccccc1CSc1nc(N)cc(N)n1. The maximum Gasteiger partial charge on any atom is 0.338 e. The van der Waals surface area contributed by atoms with E-state index in [1.165, 1.54) is 24.9 Å². The monoisotopic (exact) mass is 290 g/mol. The second-order valence-electron chi connectivity index (χ2n) is 3.94. The molecule has 20 heavy (non-hydrogen) atoms. The third kappa shape index (κ3) is 3.39. The van der Waals surface area contributed by atoms with E-state index in [2.05, 4.69) is 9.97 Å². The molecule has 2 aromatic rings. The van der Waals surface area contributed by atoms with Gasteiger partial charge in [-0.15, -0.1) is 0 Å². The molecule has 0 atom stereocenters. The number of hydrogen-bond donors (Lipinski definition) is 2. The van der Waals surface area contributed by atoms with E-state index < -0.39 is 0 Å². The predicted octanol–water partition coefficient (Wildman–Crippen LogP) is 1.72. The molecule has 4 N–H and O–H groups in total. The van der Waals surface area contributed by atoms with E-state index in [9.17, 15) is 4.79 Å². The lowest BCUT2D eigenvalue weighted by molar-refractivity contribution is 0.0600. The van der Waals surface area contributed by atoms with Crippen molar-refractivity contribution >= 4 is 29.4 Å². The van der Waals surface area contributed by atoms with Gasteiger partial charge in [-0.1, -0.05) is 30.0 Å². The van der Waals surface area contributed by atoms with E-state index in [-0.39, 0.29) is 5.97 Å². The standard InChI is InChI=1S/C13H14N4O2S/c1-19-12(18)9-5-3-2-4-8(9)7-20-13-16-10(14)6-11(15)17-13/h2-6H,7H2,1H3,(H4,14,15,16,17). The molecule has 0 bridgehead atoms. The van der Waals surface area contributed by atoms with Gasteiger partial charge in [-0.25, -0.2) is 14.8 Å². The van der Waals surface area contributed by atoms with Crippen LogP contribution in [0.25, 0.3) is 0 Å². The Morgan fingerprint density at radius 3 is 2.55 bits per heavy atom. The van der Waals surface area contributed by atoms with Crippen LogP contribution >= 0.6 is 11.8 Å². The summed E-state index contributed by atoms with van der Waals surface area (Å²) in [6.45, 7) is 0. The summed E-state index contributed by atoms with van der Waals surface area (Å²) in [5.41, 5.74) is 12.6. The van der Waals surface area contributed by atoms with Crippen molar-refractivity contribution in [1.82, 2.24) is 9.97 Å². The first-order valence-electron chi connectivity index (χ1n) is 5.79. The first kappa shape index (κ1) is 14.1. The van der Waals surface area contributed by atoms with Crippen LogP contribution in [0.1, 0.15) is 15.9 Å². The molecule has 0 saturated carbocycles. The number of ether oxygens (including phenoxy) is 1. The maximum atomic E-state index is 11.7. The summed E-state index contributed by atoms with van der Waals surface area (Å²) < 4.78 is 4.75. The van der Waals surface area contributed by atoms with Crippen LogP contribution in [-0.4, -0.2) is 23.0 Å². The van der Waals surface area contributed by atoms with Gasteiger partial charge in [-0.3, -0.25) is 0 Å². The lowest BCUT2D eigenvalue weighted by Crippen LogP contribution is -2.05. The Hall–Kier alpha value is -2.28. The summed E-state index contributed by atoms with van der Waals surface area (Å²) in [6, 6.07) is 8.71. The first-order chi connectivity index (χ1) is 9.60. The van der Waals surface area contributed by atoms with Gasteiger partial charge in [-0.05, 0) is 11.6 Å². The third-order valence-corrected chi connectivity index (χ3v) is 3.42. The predicted molar refractivity (Wildman–Crippen MR) is 78.2 cm³/mol. The quantitative estimate of drug-likeness (QED) is 0.502. The average Bonchev–Trinajstić information content (AvgIpc) is 2.43. The lowest BCUT2D eigenvalue weighted by Gasteiger charge is -2.07. The highest BCUT2D eigenvalue weighted by Gasteiger charge is 2.11. The molecule has 0 spiro atoms. The van der Waals surface area contributed by atoms with Crippen LogP contribution in [0, 0.1) is 0 Å². The number of thioether (sulfide) groups is 1. The van der Waals surface area contributed by atoms with Crippen molar-refractivity contribution in [3.8, 4) is 0 Å². The van der Waals surface area contributed by atoms with Gasteiger partial charge in [0.05, 0.1) is 12.7 Å². The topological polar surface area (TPSA) is 104 Å². The smallest absolute Gasteiger partial charge is 0.338 e. The molecule has 0 radical (unpaired) electrons. The van der Waals surface area contributed by atoms with Gasteiger partial charge >= 0.3 is 5.97 Å². The van der Waals surface area contributed by atoms with Crippen LogP contribution in [0.15, 0.2) is 35.5 Å². The van der Waals surface area contributed by atoms with Crippen LogP contribution in [0.4, 0.5) is 11.6 Å². The molecule has 0 aliphatic heterocycles. The molecule has 0 aliphatic carbocycles. The fourth-order valence-electron chi connectivity index (χ4n) is 1.62. The Morgan fingerprint density at radius 2 is 1.90 bits per heavy atom. The molecule has 7 heteroatoms. The van der Waals surface area contributed by atoms with E-state index in [0.29, 0.717) is 28.1 Å². The highest BCUT2D eigenvalue weighted by atomic mass is 32.2. The van der Waals surface area contributed by atoms with Gasteiger partial charge in [0, 0.05) is 11.8 Å². The molecule has 1 heterocycles. The molecule has 104 valence electrons. The number of nitrogen functional groups attached to an aromatic ring is 2. The molecule has 2 rings (SSSR count). The van der Waals surface area contributed by atoms with Crippen molar-refractivity contribution in [1.29, 1.82) is 0 Å². The van der Waals surface area contributed by atoms with E-state index in [1.54, 1.807) is 12.1 Å². The zero-order valence-electron chi connectivity index (χ0n) is 10.9. The molecule has 0 unspecified atom stereocenters. The minimum absolute atomic E-state index is 0.321. The van der Waals surface area contributed by atoms with Gasteiger partial charge in [-0.2, -0.15) is 0 Å². The van der Waals surface area contributed by atoms with Crippen molar-refractivity contribution in [2.75, 3.05) is 18.6 Å². The van der Waals surface area contributed by atoms with Crippen molar-refractivity contribution in [3.05, 3.63) is 41.5 Å². The minimum atomic E-state index is -0.366. The Balaban J connectivity index is 2.16. The highest BCUT2D eigenvalue weighted by Crippen LogP contribution is 2.23. The summed E-state index contributed by atoms with van der Waals surface area (Å²) in [5.74, 6) is 0.797. The van der Waals surface area contributed by atoms with Crippen molar-refractivity contribution in [2.24, 2.45) is 0 Å². The Morgan fingerprint density at radius 1 is 1.25 bits per heavy atom. The van der Waals surface area contributed by atoms with Crippen LogP contribution in [0.5, 0.6) is 0 Å². The largest absolute Gasteiger partial charge is 0.465 e. The number of esters is 1. The number of anilines is 2. The maximum absolute atomic E-state index is 11.7. The number of aromatic nitrogens is 2. The molecule has 1 aromatic carbocycles. The zero-order valence-corrected chi connectivity index (χ0v) is 11.7. The molecule has 0 amide bonds. The fourth-order valence-corrected chi connectivity index (χ4v) is 2.50. The molecular formula is C13H14N4O2S. The normalized spacial score (nSPS) is 10.2. The van der Waals surface area contributed by atoms with E-state index >= 15 is 0 Å². The molecule has 1 aromatic heterocycles. The van der Waals surface area contributed by atoms with Crippen LogP contribution in [0.3, 0.4) is 0 Å². The van der Waals surface area contributed by atoms with Crippen molar-refractivity contribution < 1.29 is 9.53 Å². The number of methoxy groups -OCH3 is 1. The molecule has 0 aliphatic rings. The second kappa shape index (κ2) is 6.25. The molecule has 0 saturated heterocycles. The average molecular weight is 290 g/mol. The second-order valence-corrected chi connectivity index (χ2v) is 4.88. The van der Waals surface area contributed by atoms with Crippen LogP contribution in [-0.2, 0) is 10.5 Å². The number of nitrogens with two attached hydrogens (primary N) is 2. The Kier molecular flexibility index (Phi) is 4.41. The summed E-state index contributed by atoms with van der Waals surface area (Å²) in [5, 5.41) is 0.474. The first-order valence-corrected chi connectivity index (χ1v) is 6.77. The van der Waals surface area contributed by atoms with Gasteiger partial charge in [0.2, 0.25) is 0 Å². The van der Waals surface area contributed by atoms with E-state index in [0.717, 1.165) is 5.56 Å². The number of carbonyl (C=O) groups is 1. The Bertz CT molecular complexity index is 613. The summed E-state index contributed by atoms with van der Waals surface area (Å²) in [6.07, 6.45) is 0. The van der Waals surface area contributed by atoms with Gasteiger partial charge in [0.15, 0.2) is 5.16 Å².